The number of halogens is 1. The number of imidazole rings is 1. The molecule has 9 heteroatoms. The molecule has 0 aliphatic carbocycles. The number of carbonyl (C=O) groups excluding carboxylic acids is 1. The van der Waals surface area contributed by atoms with Crippen molar-refractivity contribution in [2.75, 3.05) is 5.32 Å². The maximum atomic E-state index is 14.0. The second-order valence-electron chi connectivity index (χ2n) is 7.39. The first-order chi connectivity index (χ1) is 14.6. The van der Waals surface area contributed by atoms with Crippen molar-refractivity contribution in [2.45, 2.75) is 32.2 Å². The fourth-order valence-corrected chi connectivity index (χ4v) is 4.13. The second-order valence-corrected chi connectivity index (χ2v) is 7.80. The van der Waals surface area contributed by atoms with E-state index in [1.165, 1.54) is 18.6 Å². The summed E-state index contributed by atoms with van der Waals surface area (Å²) in [6.45, 7) is 0.891. The van der Waals surface area contributed by atoms with Gasteiger partial charge in [0.05, 0.1) is 16.6 Å². The number of hydrogen-bond donors (Lipinski definition) is 3. The summed E-state index contributed by atoms with van der Waals surface area (Å²) >= 11 is 5.07. The molecular weight excluding hydrogens is 403 g/mol. The average Bonchev–Trinajstić information content (AvgIpc) is 3.22. The molecule has 3 N–H and O–H groups in total. The van der Waals surface area contributed by atoms with Gasteiger partial charge < -0.3 is 19.9 Å². The Morgan fingerprint density at radius 1 is 1.13 bits per heavy atom. The van der Waals surface area contributed by atoms with E-state index in [2.05, 4.69) is 30.0 Å². The Bertz CT molecular complexity index is 1320. The van der Waals surface area contributed by atoms with Crippen LogP contribution in [-0.4, -0.2) is 30.6 Å². The van der Waals surface area contributed by atoms with Crippen molar-refractivity contribution < 1.29 is 9.18 Å². The van der Waals surface area contributed by atoms with E-state index >= 15 is 0 Å². The Kier molecular flexibility index (Phi) is 4.66. The molecule has 0 atom stereocenters. The van der Waals surface area contributed by atoms with Crippen molar-refractivity contribution in [1.82, 2.24) is 24.7 Å². The van der Waals surface area contributed by atoms with Gasteiger partial charge in [-0.2, -0.15) is 0 Å². The molecule has 30 heavy (non-hydrogen) atoms. The number of benzene rings is 2. The normalized spacial score (nSPS) is 13.8. The lowest BCUT2D eigenvalue weighted by atomic mass is 10.1. The van der Waals surface area contributed by atoms with E-state index in [9.17, 15) is 9.18 Å². The van der Waals surface area contributed by atoms with Gasteiger partial charge >= 0.3 is 0 Å². The Morgan fingerprint density at radius 3 is 2.93 bits per heavy atom. The number of hydrogen-bond acceptors (Lipinski definition) is 4. The third kappa shape index (κ3) is 3.41. The summed E-state index contributed by atoms with van der Waals surface area (Å²) in [6, 6.07) is 9.94. The zero-order valence-corrected chi connectivity index (χ0v) is 16.9. The molecule has 0 radical (unpaired) electrons. The molecule has 7 nitrogen and oxygen atoms in total. The van der Waals surface area contributed by atoms with Gasteiger partial charge in [-0.1, -0.05) is 18.6 Å². The Hall–Kier alpha value is -3.33. The molecule has 0 unspecified atom stereocenters. The van der Waals surface area contributed by atoms with E-state index in [1.807, 2.05) is 18.2 Å². The van der Waals surface area contributed by atoms with Crippen LogP contribution in [0.3, 0.4) is 0 Å². The topological polar surface area (TPSA) is 91.4 Å². The zero-order chi connectivity index (χ0) is 20.7. The maximum Gasteiger partial charge on any atom is 0.257 e. The first-order valence-electron chi connectivity index (χ1n) is 9.84. The van der Waals surface area contributed by atoms with Crippen LogP contribution in [0, 0.1) is 10.6 Å². The highest BCUT2D eigenvalue weighted by atomic mass is 32.1. The lowest BCUT2D eigenvalue weighted by Gasteiger charge is -2.10. The summed E-state index contributed by atoms with van der Waals surface area (Å²) < 4.78 is 16.5. The highest BCUT2D eigenvalue weighted by molar-refractivity contribution is 7.71. The fourth-order valence-electron chi connectivity index (χ4n) is 3.92. The fraction of sp³-hybridized carbons (Fsp3) is 0.238. The summed E-state index contributed by atoms with van der Waals surface area (Å²) in [5.74, 6) is 0.854. The number of nitrogens with one attached hydrogen (secondary N) is 3. The minimum atomic E-state index is -0.516. The predicted octanol–water partition coefficient (Wildman–Crippen LogP) is 4.60. The molecule has 0 bridgehead atoms. The summed E-state index contributed by atoms with van der Waals surface area (Å²) in [7, 11) is 0. The summed E-state index contributed by atoms with van der Waals surface area (Å²) in [6.07, 6.45) is 4.33. The number of H-pyrrole nitrogens is 2. The van der Waals surface area contributed by atoms with Gasteiger partial charge in [-0.05, 0) is 49.3 Å². The monoisotopic (exact) mass is 422 g/mol. The lowest BCUT2D eigenvalue weighted by molar-refractivity contribution is 0.102. The second kappa shape index (κ2) is 7.49. The van der Waals surface area contributed by atoms with E-state index in [1.54, 1.807) is 6.07 Å². The van der Waals surface area contributed by atoms with Gasteiger partial charge in [0.15, 0.2) is 10.6 Å². The number of carbonyl (C=O) groups is 1. The van der Waals surface area contributed by atoms with Gasteiger partial charge in [-0.3, -0.25) is 4.79 Å². The molecule has 0 spiro atoms. The van der Waals surface area contributed by atoms with Gasteiger partial charge in [-0.25, -0.2) is 4.39 Å². The molecule has 4 aromatic rings. The van der Waals surface area contributed by atoms with Crippen molar-refractivity contribution in [3.63, 3.8) is 0 Å². The molecule has 1 amide bonds. The molecule has 2 aromatic carbocycles. The van der Waals surface area contributed by atoms with Gasteiger partial charge in [-0.15, -0.1) is 10.2 Å². The Balaban J connectivity index is 1.47. The van der Waals surface area contributed by atoms with Crippen LogP contribution in [0.15, 0.2) is 36.4 Å². The van der Waals surface area contributed by atoms with Gasteiger partial charge in [0.25, 0.3) is 5.91 Å². The summed E-state index contributed by atoms with van der Waals surface area (Å²) in [5.41, 5.74) is 2.57. The van der Waals surface area contributed by atoms with Crippen molar-refractivity contribution in [3.8, 4) is 11.4 Å². The smallest absolute Gasteiger partial charge is 0.257 e. The highest BCUT2D eigenvalue weighted by Gasteiger charge is 2.18. The van der Waals surface area contributed by atoms with Crippen molar-refractivity contribution in [1.29, 1.82) is 0 Å². The number of nitrogens with zero attached hydrogens (tertiary/aromatic N) is 3. The van der Waals surface area contributed by atoms with Crippen LogP contribution in [0.2, 0.25) is 0 Å². The van der Waals surface area contributed by atoms with E-state index < -0.39 is 11.7 Å². The minimum absolute atomic E-state index is 0.180. The minimum Gasteiger partial charge on any atom is -0.331 e. The van der Waals surface area contributed by atoms with Gasteiger partial charge in [0, 0.05) is 24.2 Å². The number of anilines is 1. The third-order valence-electron chi connectivity index (χ3n) is 5.32. The van der Waals surface area contributed by atoms with E-state index in [0.29, 0.717) is 21.5 Å². The molecule has 1 aliphatic rings. The van der Waals surface area contributed by atoms with Crippen molar-refractivity contribution in [3.05, 3.63) is 58.4 Å². The quantitative estimate of drug-likeness (QED) is 0.421. The summed E-state index contributed by atoms with van der Waals surface area (Å²) in [4.78, 5) is 18.6. The van der Waals surface area contributed by atoms with E-state index in [4.69, 9.17) is 12.2 Å². The first-order valence-corrected chi connectivity index (χ1v) is 10.2. The largest absolute Gasteiger partial charge is 0.331 e. The molecule has 2 aromatic heterocycles. The summed E-state index contributed by atoms with van der Waals surface area (Å²) in [5, 5.41) is 11.6. The lowest BCUT2D eigenvalue weighted by Crippen LogP contribution is -2.13. The Labute approximate surface area is 176 Å². The number of aromatic nitrogens is 5. The van der Waals surface area contributed by atoms with Crippen LogP contribution in [0.1, 0.15) is 35.4 Å². The van der Waals surface area contributed by atoms with Crippen LogP contribution >= 0.6 is 12.2 Å². The van der Waals surface area contributed by atoms with Crippen molar-refractivity contribution >= 4 is 34.8 Å². The maximum absolute atomic E-state index is 14.0. The van der Waals surface area contributed by atoms with Crippen LogP contribution in [-0.2, 0) is 13.0 Å². The van der Waals surface area contributed by atoms with E-state index in [0.717, 1.165) is 43.0 Å². The number of aryl methyl sites for hydroxylation is 1. The highest BCUT2D eigenvalue weighted by Crippen LogP contribution is 2.26. The zero-order valence-electron chi connectivity index (χ0n) is 16.0. The molecule has 152 valence electrons. The number of rotatable bonds is 3. The van der Waals surface area contributed by atoms with Crippen LogP contribution < -0.4 is 5.32 Å². The van der Waals surface area contributed by atoms with Crippen LogP contribution in [0.4, 0.5) is 10.1 Å². The Morgan fingerprint density at radius 2 is 2.03 bits per heavy atom. The van der Waals surface area contributed by atoms with Gasteiger partial charge in [0.2, 0.25) is 0 Å². The molecular formula is C21H19FN6OS. The van der Waals surface area contributed by atoms with Crippen LogP contribution in [0.5, 0.6) is 0 Å². The SMILES string of the molecule is O=C(Nc1cccc(-c2nnc3n2CCCCC3)c1)c1cc(F)cc2[nH]c(=S)[nH]c12. The standard InChI is InChI=1S/C21H19FN6OS/c22-13-10-15(18-16(11-13)24-21(30)25-18)20(29)23-14-6-4-5-12(9-14)19-27-26-17-7-2-1-3-8-28(17)19/h4-6,9-11H,1-3,7-8H2,(H,23,29)(H2,24,25,30). The molecule has 1 aliphatic heterocycles. The molecule has 0 fully saturated rings. The van der Waals surface area contributed by atoms with E-state index in [-0.39, 0.29) is 5.56 Å². The van der Waals surface area contributed by atoms with Gasteiger partial charge in [0.1, 0.15) is 11.6 Å². The predicted molar refractivity (Wildman–Crippen MR) is 114 cm³/mol. The molecule has 3 heterocycles. The average molecular weight is 422 g/mol. The third-order valence-corrected chi connectivity index (χ3v) is 5.53. The first kappa shape index (κ1) is 18.7. The van der Waals surface area contributed by atoms with Crippen LogP contribution in [0.25, 0.3) is 22.4 Å². The number of aromatic amines is 2. The van der Waals surface area contributed by atoms with Crippen molar-refractivity contribution in [2.24, 2.45) is 0 Å². The number of fused-ring (bicyclic) bond motifs is 2. The number of amides is 1. The molecule has 5 rings (SSSR count). The molecule has 0 saturated carbocycles. The molecule has 0 saturated heterocycles.